The molecule has 0 aromatic heterocycles. The van der Waals surface area contributed by atoms with Crippen molar-refractivity contribution in [2.24, 2.45) is 0 Å². The molecule has 2 amide bonds. The molecule has 0 saturated carbocycles. The van der Waals surface area contributed by atoms with Gasteiger partial charge in [0.1, 0.15) is 11.8 Å². The summed E-state index contributed by atoms with van der Waals surface area (Å²) in [5, 5.41) is 2.98. The van der Waals surface area contributed by atoms with Crippen LogP contribution in [-0.2, 0) is 27.3 Å². The van der Waals surface area contributed by atoms with Gasteiger partial charge in [-0.1, -0.05) is 78.9 Å². The van der Waals surface area contributed by atoms with Crippen molar-refractivity contribution < 1.29 is 19.1 Å². The highest BCUT2D eigenvalue weighted by atomic mass is 16.5. The molecule has 0 aliphatic heterocycles. The molecule has 0 fully saturated rings. The number of rotatable bonds is 13. The summed E-state index contributed by atoms with van der Waals surface area (Å²) in [4.78, 5) is 28.4. The van der Waals surface area contributed by atoms with Crippen LogP contribution in [0.2, 0.25) is 0 Å². The molecule has 0 unspecified atom stereocenters. The van der Waals surface area contributed by atoms with E-state index in [9.17, 15) is 9.59 Å². The van der Waals surface area contributed by atoms with Gasteiger partial charge in [0.15, 0.2) is 6.61 Å². The monoisotopic (exact) mass is 460 g/mol. The van der Waals surface area contributed by atoms with Gasteiger partial charge in [-0.2, -0.15) is 0 Å². The molecule has 0 bridgehead atoms. The molecule has 0 spiro atoms. The first-order chi connectivity index (χ1) is 16.7. The van der Waals surface area contributed by atoms with Gasteiger partial charge in [0.05, 0.1) is 0 Å². The smallest absolute Gasteiger partial charge is 0.261 e. The Morgan fingerprint density at radius 2 is 1.44 bits per heavy atom. The zero-order chi connectivity index (χ0) is 24.0. The fourth-order valence-corrected chi connectivity index (χ4v) is 3.62. The molecule has 0 aliphatic rings. The van der Waals surface area contributed by atoms with Crippen molar-refractivity contribution in [2.75, 3.05) is 26.9 Å². The molecule has 6 heteroatoms. The molecule has 0 aliphatic carbocycles. The second-order valence-electron chi connectivity index (χ2n) is 7.95. The predicted molar refractivity (Wildman–Crippen MR) is 132 cm³/mol. The molecule has 1 N–H and O–H groups in total. The first-order valence-electron chi connectivity index (χ1n) is 11.5. The quantitative estimate of drug-likeness (QED) is 0.394. The highest BCUT2D eigenvalue weighted by Crippen LogP contribution is 2.16. The van der Waals surface area contributed by atoms with Gasteiger partial charge in [-0.05, 0) is 29.7 Å². The predicted octanol–water partition coefficient (Wildman–Crippen LogP) is 3.86. The maximum absolute atomic E-state index is 13.4. The van der Waals surface area contributed by atoms with Gasteiger partial charge >= 0.3 is 0 Å². The van der Waals surface area contributed by atoms with Crippen LogP contribution in [0.1, 0.15) is 17.5 Å². The first-order valence-corrected chi connectivity index (χ1v) is 11.5. The van der Waals surface area contributed by atoms with Gasteiger partial charge < -0.3 is 19.7 Å². The lowest BCUT2D eigenvalue weighted by molar-refractivity contribution is -0.142. The number of hydrogen-bond acceptors (Lipinski definition) is 4. The Kier molecular flexibility index (Phi) is 10.1. The topological polar surface area (TPSA) is 67.9 Å². The van der Waals surface area contributed by atoms with E-state index >= 15 is 0 Å². The highest BCUT2D eigenvalue weighted by molar-refractivity contribution is 5.88. The second-order valence-corrected chi connectivity index (χ2v) is 7.95. The number of para-hydroxylation sites is 1. The minimum Gasteiger partial charge on any atom is -0.484 e. The van der Waals surface area contributed by atoms with Crippen molar-refractivity contribution in [3.63, 3.8) is 0 Å². The van der Waals surface area contributed by atoms with E-state index in [1.54, 1.807) is 24.1 Å². The molecule has 0 heterocycles. The Morgan fingerprint density at radius 3 is 2.06 bits per heavy atom. The van der Waals surface area contributed by atoms with Gasteiger partial charge in [-0.25, -0.2) is 0 Å². The zero-order valence-electron chi connectivity index (χ0n) is 19.6. The third-order valence-corrected chi connectivity index (χ3v) is 5.40. The molecule has 0 saturated heterocycles. The number of benzene rings is 3. The number of carbonyl (C=O) groups excluding carboxylic acids is 2. The highest BCUT2D eigenvalue weighted by Gasteiger charge is 2.30. The van der Waals surface area contributed by atoms with Crippen LogP contribution in [0.5, 0.6) is 5.75 Å². The number of amides is 2. The molecule has 3 rings (SSSR count). The lowest BCUT2D eigenvalue weighted by Gasteiger charge is -2.31. The summed E-state index contributed by atoms with van der Waals surface area (Å²) >= 11 is 0. The van der Waals surface area contributed by atoms with E-state index < -0.39 is 6.04 Å². The average molecular weight is 461 g/mol. The summed E-state index contributed by atoms with van der Waals surface area (Å²) in [5.41, 5.74) is 1.93. The Hall–Kier alpha value is -3.64. The van der Waals surface area contributed by atoms with E-state index in [-0.39, 0.29) is 18.4 Å². The third-order valence-electron chi connectivity index (χ3n) is 5.40. The number of nitrogens with zero attached hydrogens (tertiary/aromatic N) is 1. The number of carbonyl (C=O) groups is 2. The minimum absolute atomic E-state index is 0.154. The number of hydrogen-bond donors (Lipinski definition) is 1. The van der Waals surface area contributed by atoms with Gasteiger partial charge in [0, 0.05) is 33.2 Å². The fraction of sp³-hybridized carbons (Fsp3) is 0.286. The standard InChI is InChI=1S/C28H32N2O4/c1-33-19-11-18-29-28(32)26(20-23-12-5-2-6-13-23)30(21-24-14-7-3-8-15-24)27(31)22-34-25-16-9-4-10-17-25/h2-10,12-17,26H,11,18-22H2,1H3,(H,29,32)/t26-/m0/s1. The second kappa shape index (κ2) is 13.8. The number of methoxy groups -OCH3 is 1. The van der Waals surface area contributed by atoms with Crippen molar-refractivity contribution in [2.45, 2.75) is 25.4 Å². The maximum atomic E-state index is 13.4. The molecule has 34 heavy (non-hydrogen) atoms. The number of nitrogens with one attached hydrogen (secondary N) is 1. The largest absolute Gasteiger partial charge is 0.484 e. The average Bonchev–Trinajstić information content (AvgIpc) is 2.89. The molecule has 6 nitrogen and oxygen atoms in total. The van der Waals surface area contributed by atoms with Gasteiger partial charge in [0.25, 0.3) is 5.91 Å². The lowest BCUT2D eigenvalue weighted by Crippen LogP contribution is -2.51. The summed E-state index contributed by atoms with van der Waals surface area (Å²) in [6.07, 6.45) is 1.10. The third kappa shape index (κ3) is 8.05. The Bertz CT molecular complexity index is 997. The molecular weight excluding hydrogens is 428 g/mol. The van der Waals surface area contributed by atoms with E-state index in [1.165, 1.54) is 0 Å². The SMILES string of the molecule is COCCCNC(=O)[C@H](Cc1ccccc1)N(Cc1ccccc1)C(=O)COc1ccccc1. The van der Waals surface area contributed by atoms with Crippen LogP contribution < -0.4 is 10.1 Å². The first kappa shape index (κ1) is 25.0. The van der Waals surface area contributed by atoms with E-state index in [4.69, 9.17) is 9.47 Å². The normalized spacial score (nSPS) is 11.4. The zero-order valence-corrected chi connectivity index (χ0v) is 19.6. The van der Waals surface area contributed by atoms with E-state index in [2.05, 4.69) is 5.32 Å². The summed E-state index contributed by atoms with van der Waals surface area (Å²) in [6.45, 7) is 1.19. The molecule has 0 radical (unpaired) electrons. The fourth-order valence-electron chi connectivity index (χ4n) is 3.62. The van der Waals surface area contributed by atoms with Crippen molar-refractivity contribution in [3.05, 3.63) is 102 Å². The van der Waals surface area contributed by atoms with Crippen LogP contribution in [-0.4, -0.2) is 49.6 Å². The summed E-state index contributed by atoms with van der Waals surface area (Å²) in [7, 11) is 1.63. The van der Waals surface area contributed by atoms with E-state index in [0.717, 1.165) is 11.1 Å². The summed E-state index contributed by atoms with van der Waals surface area (Å²) in [6, 6.07) is 28.0. The lowest BCUT2D eigenvalue weighted by atomic mass is 10.0. The van der Waals surface area contributed by atoms with Gasteiger partial charge in [0.2, 0.25) is 5.91 Å². The van der Waals surface area contributed by atoms with Crippen molar-refractivity contribution in [1.82, 2.24) is 10.2 Å². The Balaban J connectivity index is 1.83. The molecule has 3 aromatic rings. The van der Waals surface area contributed by atoms with Crippen LogP contribution in [0, 0.1) is 0 Å². The Labute approximate surface area is 201 Å². The molecule has 178 valence electrons. The van der Waals surface area contributed by atoms with Gasteiger partial charge in [-0.15, -0.1) is 0 Å². The summed E-state index contributed by atoms with van der Waals surface area (Å²) in [5.74, 6) is 0.170. The van der Waals surface area contributed by atoms with Crippen molar-refractivity contribution in [3.8, 4) is 5.75 Å². The Morgan fingerprint density at radius 1 is 0.853 bits per heavy atom. The van der Waals surface area contributed by atoms with Crippen LogP contribution in [0.4, 0.5) is 0 Å². The van der Waals surface area contributed by atoms with Crippen LogP contribution in [0.15, 0.2) is 91.0 Å². The van der Waals surface area contributed by atoms with E-state index in [0.29, 0.717) is 38.3 Å². The molecule has 1 atom stereocenters. The molecule has 3 aromatic carbocycles. The van der Waals surface area contributed by atoms with Crippen molar-refractivity contribution >= 4 is 11.8 Å². The van der Waals surface area contributed by atoms with Crippen molar-refractivity contribution in [1.29, 1.82) is 0 Å². The van der Waals surface area contributed by atoms with E-state index in [1.807, 2.05) is 78.9 Å². The van der Waals surface area contributed by atoms with Gasteiger partial charge in [-0.3, -0.25) is 9.59 Å². The van der Waals surface area contributed by atoms with Crippen LogP contribution >= 0.6 is 0 Å². The molecular formula is C28H32N2O4. The number of ether oxygens (including phenoxy) is 2. The maximum Gasteiger partial charge on any atom is 0.261 e. The summed E-state index contributed by atoms with van der Waals surface area (Å²) < 4.78 is 10.8. The van der Waals surface area contributed by atoms with Crippen LogP contribution in [0.25, 0.3) is 0 Å². The van der Waals surface area contributed by atoms with Crippen LogP contribution in [0.3, 0.4) is 0 Å². The minimum atomic E-state index is -0.683.